The third kappa shape index (κ3) is 5.86. The molecular weight excluding hydrogens is 475 g/mol. The van der Waals surface area contributed by atoms with Crippen molar-refractivity contribution in [1.82, 2.24) is 9.36 Å². The lowest BCUT2D eigenvalue weighted by molar-refractivity contribution is -0.137. The molecule has 198 valence electrons. The van der Waals surface area contributed by atoms with Crippen LogP contribution in [0.4, 0.5) is 13.2 Å². The van der Waals surface area contributed by atoms with E-state index in [0.29, 0.717) is 31.5 Å². The smallest absolute Gasteiger partial charge is 0.416 e. The number of aliphatic hydroxyl groups is 1. The zero-order valence-electron chi connectivity index (χ0n) is 21.1. The highest BCUT2D eigenvalue weighted by Gasteiger charge is 2.33. The molecule has 1 saturated carbocycles. The van der Waals surface area contributed by atoms with Crippen LogP contribution in [0.1, 0.15) is 68.1 Å². The number of ether oxygens (including phenoxy) is 2. The van der Waals surface area contributed by atoms with Crippen LogP contribution in [0.15, 0.2) is 29.3 Å². The van der Waals surface area contributed by atoms with Gasteiger partial charge in [0.1, 0.15) is 5.75 Å². The van der Waals surface area contributed by atoms with Gasteiger partial charge < -0.3 is 14.6 Å². The average molecular weight is 510 g/mol. The molecule has 36 heavy (non-hydrogen) atoms. The summed E-state index contributed by atoms with van der Waals surface area (Å²) in [6.07, 6.45) is -2.04. The number of benzene rings is 1. The Hall–Kier alpha value is -2.59. The maximum atomic E-state index is 13.5. The van der Waals surface area contributed by atoms with Gasteiger partial charge in [-0.3, -0.25) is 14.2 Å². The van der Waals surface area contributed by atoms with E-state index in [9.17, 15) is 23.1 Å². The van der Waals surface area contributed by atoms with Crippen LogP contribution in [-0.2, 0) is 29.9 Å². The number of amides is 1. The summed E-state index contributed by atoms with van der Waals surface area (Å²) in [6.45, 7) is 7.49. The Bertz CT molecular complexity index is 1160. The molecule has 0 bridgehead atoms. The van der Waals surface area contributed by atoms with Crippen molar-refractivity contribution in [3.05, 3.63) is 46.6 Å². The molecule has 1 N–H and O–H groups in total. The van der Waals surface area contributed by atoms with Crippen molar-refractivity contribution < 1.29 is 32.5 Å². The first-order chi connectivity index (χ1) is 16.8. The Balaban J connectivity index is 1.72. The summed E-state index contributed by atoms with van der Waals surface area (Å²) in [5.74, 6) is -0.660. The fourth-order valence-electron chi connectivity index (χ4n) is 4.77. The topological polar surface area (TPSA) is 78.0 Å². The van der Waals surface area contributed by atoms with E-state index in [2.05, 4.69) is 4.99 Å². The number of nitrogens with zero attached hydrogens (tertiary/aromatic N) is 3. The quantitative estimate of drug-likeness (QED) is 0.633. The highest BCUT2D eigenvalue weighted by molar-refractivity contribution is 5.97. The standard InChI is InChI=1S/C26H34F3N3O4/c1-25(2,3)22-13-23(32(31(22)4)14-19-6-5-9-35-19)30-24(34)20-12-17(26(27,28)29)7-8-21(20)36-15-16-10-18(33)11-16/h7-8,12-13,16,18-19,33H,5-6,9-11,14-15H2,1-4H3/b30-23+/t16?,18?,19-/m1/s1. The molecule has 0 spiro atoms. The summed E-state index contributed by atoms with van der Waals surface area (Å²) in [7, 11) is 1.88. The third-order valence-electron chi connectivity index (χ3n) is 6.85. The predicted molar refractivity (Wildman–Crippen MR) is 127 cm³/mol. The second-order valence-corrected chi connectivity index (χ2v) is 10.8. The van der Waals surface area contributed by atoms with Gasteiger partial charge in [-0.15, -0.1) is 0 Å². The molecule has 2 heterocycles. The molecule has 2 aromatic rings. The van der Waals surface area contributed by atoms with E-state index in [-0.39, 0.29) is 41.5 Å². The number of carbonyl (C=O) groups excluding carboxylic acids is 1. The molecule has 0 radical (unpaired) electrons. The van der Waals surface area contributed by atoms with Crippen LogP contribution >= 0.6 is 0 Å². The lowest BCUT2D eigenvalue weighted by atomic mass is 9.83. The molecule has 1 aliphatic carbocycles. The summed E-state index contributed by atoms with van der Waals surface area (Å²) in [5.41, 5.74) is -0.149. The monoisotopic (exact) mass is 509 g/mol. The molecule has 4 rings (SSSR count). The molecule has 10 heteroatoms. The summed E-state index contributed by atoms with van der Waals surface area (Å²) >= 11 is 0. The van der Waals surface area contributed by atoms with Crippen molar-refractivity contribution in [2.45, 2.75) is 76.8 Å². The van der Waals surface area contributed by atoms with Gasteiger partial charge in [-0.2, -0.15) is 18.2 Å². The van der Waals surface area contributed by atoms with Crippen molar-refractivity contribution in [2.75, 3.05) is 13.2 Å². The van der Waals surface area contributed by atoms with Crippen molar-refractivity contribution >= 4 is 5.91 Å². The van der Waals surface area contributed by atoms with Crippen LogP contribution in [0.25, 0.3) is 0 Å². The number of rotatable bonds is 6. The number of aliphatic hydroxyl groups excluding tert-OH is 1. The average Bonchev–Trinajstić information content (AvgIpc) is 3.38. The molecule has 0 unspecified atom stereocenters. The van der Waals surface area contributed by atoms with Gasteiger partial charge in [0.15, 0.2) is 5.49 Å². The summed E-state index contributed by atoms with van der Waals surface area (Å²) in [5, 5.41) is 9.49. The van der Waals surface area contributed by atoms with Crippen LogP contribution in [0.5, 0.6) is 5.75 Å². The molecular formula is C26H34F3N3O4. The lowest BCUT2D eigenvalue weighted by Crippen LogP contribution is -2.32. The first kappa shape index (κ1) is 26.5. The molecule has 1 aliphatic heterocycles. The zero-order chi connectivity index (χ0) is 26.3. The van der Waals surface area contributed by atoms with Gasteiger partial charge in [0.25, 0.3) is 5.91 Å². The third-order valence-corrected chi connectivity index (χ3v) is 6.85. The number of hydrogen-bond donors (Lipinski definition) is 1. The lowest BCUT2D eigenvalue weighted by Gasteiger charge is -2.31. The Morgan fingerprint density at radius 1 is 1.22 bits per heavy atom. The minimum atomic E-state index is -4.61. The van der Waals surface area contributed by atoms with Crippen molar-refractivity contribution in [3.63, 3.8) is 0 Å². The molecule has 2 aliphatic rings. The summed E-state index contributed by atoms with van der Waals surface area (Å²) in [4.78, 5) is 17.6. The largest absolute Gasteiger partial charge is 0.492 e. The normalized spacial score (nSPS) is 23.1. The van der Waals surface area contributed by atoms with Crippen LogP contribution in [0.2, 0.25) is 0 Å². The Morgan fingerprint density at radius 2 is 1.94 bits per heavy atom. The van der Waals surface area contributed by atoms with E-state index in [4.69, 9.17) is 9.47 Å². The SMILES string of the molecule is Cn1c(C(C)(C)C)c/c(=N\C(=O)c2cc(C(F)(F)F)ccc2OCC2CC(O)C2)n1C[C@H]1CCCO1. The molecule has 7 nitrogen and oxygen atoms in total. The van der Waals surface area contributed by atoms with Gasteiger partial charge in [0.05, 0.1) is 36.5 Å². The van der Waals surface area contributed by atoms with Gasteiger partial charge in [-0.25, -0.2) is 0 Å². The van der Waals surface area contributed by atoms with Crippen LogP contribution < -0.4 is 10.2 Å². The van der Waals surface area contributed by atoms with Crippen molar-refractivity contribution in [1.29, 1.82) is 0 Å². The second-order valence-electron chi connectivity index (χ2n) is 10.8. The van der Waals surface area contributed by atoms with E-state index >= 15 is 0 Å². The van der Waals surface area contributed by atoms with Crippen LogP contribution in [0.3, 0.4) is 0 Å². The maximum absolute atomic E-state index is 13.5. The fraction of sp³-hybridized carbons (Fsp3) is 0.615. The van der Waals surface area contributed by atoms with E-state index in [1.807, 2.05) is 37.2 Å². The number of halogens is 3. The van der Waals surface area contributed by atoms with Gasteiger partial charge in [-0.1, -0.05) is 20.8 Å². The predicted octanol–water partition coefficient (Wildman–Crippen LogP) is 4.21. The summed E-state index contributed by atoms with van der Waals surface area (Å²) in [6, 6.07) is 4.68. The van der Waals surface area contributed by atoms with Gasteiger partial charge in [-0.05, 0) is 49.8 Å². The van der Waals surface area contributed by atoms with Crippen molar-refractivity contribution in [2.24, 2.45) is 18.0 Å². The second kappa shape index (κ2) is 10.0. The maximum Gasteiger partial charge on any atom is 0.416 e. The minimum Gasteiger partial charge on any atom is -0.492 e. The number of aromatic nitrogens is 2. The molecule has 1 saturated heterocycles. The zero-order valence-corrected chi connectivity index (χ0v) is 21.1. The van der Waals surface area contributed by atoms with Gasteiger partial charge in [0, 0.05) is 30.8 Å². The number of carbonyl (C=O) groups is 1. The highest BCUT2D eigenvalue weighted by atomic mass is 19.4. The molecule has 1 aromatic heterocycles. The molecule has 1 amide bonds. The first-order valence-electron chi connectivity index (χ1n) is 12.3. The number of alkyl halides is 3. The van der Waals surface area contributed by atoms with E-state index in [1.54, 1.807) is 6.07 Å². The minimum absolute atomic E-state index is 0.0225. The first-order valence-corrected chi connectivity index (χ1v) is 12.3. The highest BCUT2D eigenvalue weighted by Crippen LogP contribution is 2.34. The Kier molecular flexibility index (Phi) is 7.39. The van der Waals surface area contributed by atoms with Crippen LogP contribution in [-0.4, -0.2) is 45.8 Å². The Morgan fingerprint density at radius 3 is 2.53 bits per heavy atom. The molecule has 2 fully saturated rings. The Labute approximate surface area is 208 Å². The molecule has 1 atom stereocenters. The van der Waals surface area contributed by atoms with Crippen molar-refractivity contribution in [3.8, 4) is 5.75 Å². The summed E-state index contributed by atoms with van der Waals surface area (Å²) < 4.78 is 55.7. The van der Waals surface area contributed by atoms with Crippen LogP contribution in [0, 0.1) is 5.92 Å². The molecule has 1 aromatic carbocycles. The number of hydrogen-bond acceptors (Lipinski definition) is 4. The van der Waals surface area contributed by atoms with E-state index < -0.39 is 17.6 Å². The fourth-order valence-corrected chi connectivity index (χ4v) is 4.77. The van der Waals surface area contributed by atoms with E-state index in [1.165, 1.54) is 6.07 Å². The van der Waals surface area contributed by atoms with Gasteiger partial charge in [0.2, 0.25) is 0 Å². The van der Waals surface area contributed by atoms with E-state index in [0.717, 1.165) is 30.7 Å². The van der Waals surface area contributed by atoms with Gasteiger partial charge >= 0.3 is 6.18 Å².